The van der Waals surface area contributed by atoms with Gasteiger partial charge in [0.15, 0.2) is 0 Å². The van der Waals surface area contributed by atoms with E-state index in [4.69, 9.17) is 21.5 Å². The highest BCUT2D eigenvalue weighted by Gasteiger charge is 2.38. The van der Waals surface area contributed by atoms with Crippen LogP contribution in [0.4, 0.5) is 13.2 Å². The van der Waals surface area contributed by atoms with E-state index in [2.05, 4.69) is 55.3 Å². The van der Waals surface area contributed by atoms with Crippen LogP contribution in [-0.4, -0.2) is 47.7 Å². The summed E-state index contributed by atoms with van der Waals surface area (Å²) in [6, 6.07) is 18.7. The summed E-state index contributed by atoms with van der Waals surface area (Å²) in [4.78, 5) is 24.8. The van der Waals surface area contributed by atoms with Gasteiger partial charge in [-0.1, -0.05) is 74.8 Å². The Kier molecular flexibility index (Phi) is 10.2. The number of alkyl halides is 3. The van der Waals surface area contributed by atoms with Gasteiger partial charge >= 0.3 is 12.1 Å². The minimum absolute atomic E-state index is 0.00419. The number of amides is 1. The fourth-order valence-corrected chi connectivity index (χ4v) is 5.28. The van der Waals surface area contributed by atoms with E-state index in [1.54, 1.807) is 0 Å². The van der Waals surface area contributed by atoms with Crippen LogP contribution in [0.15, 0.2) is 60.0 Å². The van der Waals surface area contributed by atoms with Gasteiger partial charge in [0.2, 0.25) is 0 Å². The number of benzene rings is 2. The Morgan fingerprint density at radius 1 is 1.10 bits per heavy atom. The highest BCUT2D eigenvalue weighted by molar-refractivity contribution is 7.12. The van der Waals surface area contributed by atoms with Crippen LogP contribution in [0.3, 0.4) is 0 Å². The number of carboxylic acid groups (broad SMARTS) is 1. The molecule has 2 heterocycles. The average Bonchev–Trinajstić information content (AvgIpc) is 3.52. The first-order chi connectivity index (χ1) is 18.2. The molecule has 1 amide bonds. The second-order valence-electron chi connectivity index (χ2n) is 10.5. The maximum Gasteiger partial charge on any atom is 0.490 e. The second-order valence-corrected chi connectivity index (χ2v) is 11.8. The number of nitrogens with zero attached hydrogens (tertiary/aromatic N) is 1. The number of carbonyl (C=O) groups excluding carboxylic acids is 1. The van der Waals surface area contributed by atoms with Crippen LogP contribution in [0, 0.1) is 5.92 Å². The topological polar surface area (TPSA) is 69.6 Å². The SMILES string of the molecule is CC(C)(C)c1ccc(CN2CCC(CNC(=O)c3cc(-c4ccccc4Cl)cs3)C2)cc1.O=C(O)C(F)(F)F. The standard InChI is InChI=1S/C27H31ClN2OS.C2HF3O2/c1-27(2,3)22-10-8-19(9-11-22)16-30-13-12-20(17-30)15-29-26(31)25-14-21(18-32-25)23-6-4-5-7-24(23)28;3-2(4,5)1(6)7/h4-11,14,18,20H,12-13,15-17H2,1-3H3,(H,29,31);(H,6,7). The number of aliphatic carboxylic acids is 1. The molecule has 39 heavy (non-hydrogen) atoms. The molecule has 0 aliphatic carbocycles. The molecule has 1 atom stereocenters. The molecule has 0 bridgehead atoms. The summed E-state index contributed by atoms with van der Waals surface area (Å²) in [7, 11) is 0. The van der Waals surface area contributed by atoms with Crippen molar-refractivity contribution in [1.29, 1.82) is 0 Å². The van der Waals surface area contributed by atoms with E-state index >= 15 is 0 Å². The van der Waals surface area contributed by atoms with Crippen molar-refractivity contribution in [2.75, 3.05) is 19.6 Å². The smallest absolute Gasteiger partial charge is 0.475 e. The van der Waals surface area contributed by atoms with Gasteiger partial charge in [0.25, 0.3) is 5.91 Å². The molecule has 10 heteroatoms. The van der Waals surface area contributed by atoms with E-state index in [1.165, 1.54) is 22.5 Å². The van der Waals surface area contributed by atoms with Crippen molar-refractivity contribution in [1.82, 2.24) is 10.2 Å². The van der Waals surface area contributed by atoms with Crippen molar-refractivity contribution in [3.8, 4) is 11.1 Å². The molecule has 5 nitrogen and oxygen atoms in total. The van der Waals surface area contributed by atoms with Gasteiger partial charge in [-0.2, -0.15) is 13.2 Å². The Bertz CT molecular complexity index is 1270. The highest BCUT2D eigenvalue weighted by Crippen LogP contribution is 2.31. The Hall–Kier alpha value is -2.88. The average molecular weight is 581 g/mol. The van der Waals surface area contributed by atoms with Gasteiger partial charge < -0.3 is 10.4 Å². The van der Waals surface area contributed by atoms with E-state index < -0.39 is 12.1 Å². The van der Waals surface area contributed by atoms with E-state index in [0.29, 0.717) is 10.9 Å². The number of carboxylic acids is 1. The molecule has 1 saturated heterocycles. The van der Waals surface area contributed by atoms with Gasteiger partial charge in [0.05, 0.1) is 4.88 Å². The molecule has 4 rings (SSSR count). The Morgan fingerprint density at radius 3 is 2.33 bits per heavy atom. The fourth-order valence-electron chi connectivity index (χ4n) is 4.21. The number of thiophene rings is 1. The molecule has 3 aromatic rings. The zero-order chi connectivity index (χ0) is 28.8. The predicted molar refractivity (Wildman–Crippen MR) is 149 cm³/mol. The lowest BCUT2D eigenvalue weighted by Gasteiger charge is -2.20. The Morgan fingerprint density at radius 2 is 1.74 bits per heavy atom. The minimum Gasteiger partial charge on any atom is -0.475 e. The summed E-state index contributed by atoms with van der Waals surface area (Å²) >= 11 is 7.76. The van der Waals surface area contributed by atoms with Crippen LogP contribution >= 0.6 is 22.9 Å². The first-order valence-corrected chi connectivity index (χ1v) is 13.7. The van der Waals surface area contributed by atoms with Gasteiger partial charge in [-0.3, -0.25) is 9.69 Å². The zero-order valence-corrected chi connectivity index (χ0v) is 23.6. The van der Waals surface area contributed by atoms with Gasteiger partial charge in [-0.25, -0.2) is 4.79 Å². The molecule has 210 valence electrons. The van der Waals surface area contributed by atoms with Gasteiger partial charge in [-0.05, 0) is 58.5 Å². The molecule has 0 saturated carbocycles. The monoisotopic (exact) mass is 580 g/mol. The number of likely N-dealkylation sites (tertiary alicyclic amines) is 1. The molecule has 1 aliphatic rings. The molecular weight excluding hydrogens is 549 g/mol. The maximum absolute atomic E-state index is 12.7. The van der Waals surface area contributed by atoms with Crippen LogP contribution in [0.2, 0.25) is 5.02 Å². The summed E-state index contributed by atoms with van der Waals surface area (Å²) in [5, 5.41) is 13.0. The van der Waals surface area contributed by atoms with Crippen molar-refractivity contribution in [2.24, 2.45) is 5.92 Å². The highest BCUT2D eigenvalue weighted by atomic mass is 35.5. The molecule has 2 aromatic carbocycles. The summed E-state index contributed by atoms with van der Waals surface area (Å²) in [5.41, 5.74) is 4.87. The van der Waals surface area contributed by atoms with Crippen LogP contribution < -0.4 is 5.32 Å². The molecule has 1 aromatic heterocycles. The largest absolute Gasteiger partial charge is 0.490 e. The van der Waals surface area contributed by atoms with Gasteiger partial charge in [0.1, 0.15) is 0 Å². The van der Waals surface area contributed by atoms with Crippen LogP contribution in [-0.2, 0) is 16.8 Å². The lowest BCUT2D eigenvalue weighted by Crippen LogP contribution is -2.30. The second kappa shape index (κ2) is 13.0. The third-order valence-corrected chi connectivity index (χ3v) is 7.66. The van der Waals surface area contributed by atoms with Crippen molar-refractivity contribution >= 4 is 34.8 Å². The molecule has 0 spiro atoms. The number of carbonyl (C=O) groups is 2. The lowest BCUT2D eigenvalue weighted by atomic mass is 9.87. The number of halogens is 4. The van der Waals surface area contributed by atoms with E-state index in [1.807, 2.05) is 35.7 Å². The summed E-state index contributed by atoms with van der Waals surface area (Å²) in [6.07, 6.45) is -3.96. The number of nitrogens with one attached hydrogen (secondary N) is 1. The fraction of sp³-hybridized carbons (Fsp3) is 0.379. The maximum atomic E-state index is 12.7. The third kappa shape index (κ3) is 9.08. The minimum atomic E-state index is -5.08. The van der Waals surface area contributed by atoms with Crippen LogP contribution in [0.5, 0.6) is 0 Å². The Balaban J connectivity index is 0.000000532. The van der Waals surface area contributed by atoms with Crippen LogP contribution in [0.25, 0.3) is 11.1 Å². The third-order valence-electron chi connectivity index (χ3n) is 6.40. The number of rotatable bonds is 6. The first kappa shape index (κ1) is 30.7. The number of hydrogen-bond acceptors (Lipinski definition) is 4. The van der Waals surface area contributed by atoms with E-state index in [9.17, 15) is 18.0 Å². The van der Waals surface area contributed by atoms with Crippen molar-refractivity contribution < 1.29 is 27.9 Å². The van der Waals surface area contributed by atoms with Crippen molar-refractivity contribution in [3.63, 3.8) is 0 Å². The summed E-state index contributed by atoms with van der Waals surface area (Å²) in [5.74, 6) is -2.26. The molecule has 1 fully saturated rings. The molecule has 0 radical (unpaired) electrons. The van der Waals surface area contributed by atoms with Gasteiger partial charge in [-0.15, -0.1) is 11.3 Å². The summed E-state index contributed by atoms with van der Waals surface area (Å²) in [6.45, 7) is 10.5. The van der Waals surface area contributed by atoms with E-state index in [0.717, 1.165) is 48.6 Å². The summed E-state index contributed by atoms with van der Waals surface area (Å²) < 4.78 is 31.7. The molecule has 1 aliphatic heterocycles. The lowest BCUT2D eigenvalue weighted by molar-refractivity contribution is -0.192. The molecule has 2 N–H and O–H groups in total. The van der Waals surface area contributed by atoms with Crippen LogP contribution in [0.1, 0.15) is 48.0 Å². The van der Waals surface area contributed by atoms with Crippen molar-refractivity contribution in [2.45, 2.75) is 45.3 Å². The first-order valence-electron chi connectivity index (χ1n) is 12.5. The van der Waals surface area contributed by atoms with Crippen molar-refractivity contribution in [3.05, 3.63) is 81.0 Å². The zero-order valence-electron chi connectivity index (χ0n) is 22.0. The molecular formula is C29H32ClF3N2O3S. The van der Waals surface area contributed by atoms with E-state index in [-0.39, 0.29) is 11.3 Å². The number of hydrogen-bond donors (Lipinski definition) is 2. The molecule has 1 unspecified atom stereocenters. The quantitative estimate of drug-likeness (QED) is 0.322. The van der Waals surface area contributed by atoms with Gasteiger partial charge in [0, 0.05) is 30.2 Å². The Labute approximate surface area is 235 Å². The predicted octanol–water partition coefficient (Wildman–Crippen LogP) is 7.25. The normalized spacial score (nSPS) is 15.9.